The molecule has 7 heteroatoms. The number of anilines is 1. The molecule has 37 heavy (non-hydrogen) atoms. The van der Waals surface area contributed by atoms with E-state index in [1.165, 1.54) is 29.9 Å². The van der Waals surface area contributed by atoms with Gasteiger partial charge in [0.05, 0.1) is 13.2 Å². The molecule has 2 saturated heterocycles. The highest BCUT2D eigenvalue weighted by molar-refractivity contribution is 5.80. The molecule has 5 rings (SSSR count). The molecule has 0 bridgehead atoms. The highest BCUT2D eigenvalue weighted by Gasteiger charge is 2.40. The van der Waals surface area contributed by atoms with E-state index in [2.05, 4.69) is 76.0 Å². The third-order valence-electron chi connectivity index (χ3n) is 7.01. The molecular weight excluding hydrogens is 464 g/mol. The number of likely N-dealkylation sites (N-methyl/N-ethyl adjacent to an activating group) is 1. The van der Waals surface area contributed by atoms with Gasteiger partial charge in [0, 0.05) is 57.2 Å². The molecule has 7 nitrogen and oxygen atoms in total. The van der Waals surface area contributed by atoms with Crippen LogP contribution in [0.5, 0.6) is 11.5 Å². The van der Waals surface area contributed by atoms with Crippen molar-refractivity contribution in [2.45, 2.75) is 33.7 Å². The van der Waals surface area contributed by atoms with Gasteiger partial charge in [-0.1, -0.05) is 39.8 Å². The summed E-state index contributed by atoms with van der Waals surface area (Å²) in [4.78, 5) is 5.09. The maximum Gasteiger partial charge on any atom is 0.120 e. The Labute approximate surface area is 225 Å². The third-order valence-corrected chi connectivity index (χ3v) is 7.01. The molecule has 3 aliphatic rings. The SMILES string of the molecule is CC.CC.CNCCOc1ccc(C2C=C(N3C[C@H]4CN(C)C[C@H]4C3)c3ccc(OC)cc3N2)cc1.O.[HH]. The molecule has 3 heterocycles. The molecule has 208 valence electrons. The van der Waals surface area contributed by atoms with Gasteiger partial charge in [0.25, 0.3) is 0 Å². The molecule has 2 fully saturated rings. The quantitative estimate of drug-likeness (QED) is 0.518. The van der Waals surface area contributed by atoms with Crippen molar-refractivity contribution in [1.29, 1.82) is 0 Å². The standard InChI is InChI=1S/C26H34N4O2.2C2H6.H2O.H2/c1-27-10-11-32-21-6-4-18(5-7-21)24-13-26(23-9-8-22(31-3)12-25(23)28-24)30-16-19-14-29(2)15-20(19)17-30;2*1-2;;/h4-9,12-13,19-20,24,27-28H,10-11,14-17H2,1-3H3;2*1-2H3;1H2;1H/t19-,20+,24?;;;;. The summed E-state index contributed by atoms with van der Waals surface area (Å²) in [7, 11) is 5.91. The number of ether oxygens (including phenoxy) is 2. The van der Waals surface area contributed by atoms with E-state index < -0.39 is 0 Å². The molecule has 3 aliphatic heterocycles. The first kappa shape index (κ1) is 30.5. The molecule has 2 aromatic rings. The highest BCUT2D eigenvalue weighted by atomic mass is 16.5. The van der Waals surface area contributed by atoms with Crippen LogP contribution in [0.1, 0.15) is 46.3 Å². The van der Waals surface area contributed by atoms with Crippen LogP contribution in [0.15, 0.2) is 48.5 Å². The zero-order valence-corrected chi connectivity index (χ0v) is 23.8. The van der Waals surface area contributed by atoms with E-state index in [0.717, 1.165) is 48.7 Å². The van der Waals surface area contributed by atoms with Gasteiger partial charge < -0.3 is 35.4 Å². The minimum atomic E-state index is 0. The van der Waals surface area contributed by atoms with E-state index in [4.69, 9.17) is 9.47 Å². The van der Waals surface area contributed by atoms with Crippen molar-refractivity contribution in [3.05, 3.63) is 59.7 Å². The van der Waals surface area contributed by atoms with Crippen LogP contribution in [0.25, 0.3) is 5.70 Å². The lowest BCUT2D eigenvalue weighted by Crippen LogP contribution is -2.28. The average Bonchev–Trinajstić information content (AvgIpc) is 3.48. The number of benzene rings is 2. The fourth-order valence-electron chi connectivity index (χ4n) is 5.37. The summed E-state index contributed by atoms with van der Waals surface area (Å²) in [6, 6.07) is 15.0. The van der Waals surface area contributed by atoms with E-state index in [1.54, 1.807) is 7.11 Å². The summed E-state index contributed by atoms with van der Waals surface area (Å²) >= 11 is 0. The van der Waals surface area contributed by atoms with Crippen LogP contribution in [0.2, 0.25) is 0 Å². The monoisotopic (exact) mass is 514 g/mol. The molecule has 0 aliphatic carbocycles. The van der Waals surface area contributed by atoms with Crippen molar-refractivity contribution >= 4 is 11.4 Å². The van der Waals surface area contributed by atoms with Gasteiger partial charge in [0.15, 0.2) is 0 Å². The predicted molar refractivity (Wildman–Crippen MR) is 158 cm³/mol. The van der Waals surface area contributed by atoms with Gasteiger partial charge in [0.2, 0.25) is 0 Å². The van der Waals surface area contributed by atoms with Gasteiger partial charge >= 0.3 is 0 Å². The number of hydrogen-bond donors (Lipinski definition) is 2. The lowest BCUT2D eigenvalue weighted by Gasteiger charge is -2.33. The van der Waals surface area contributed by atoms with Crippen molar-refractivity contribution in [1.82, 2.24) is 15.1 Å². The Balaban J connectivity index is 0.00000115. The van der Waals surface area contributed by atoms with Crippen molar-refractivity contribution in [2.24, 2.45) is 11.8 Å². The molecule has 4 N–H and O–H groups in total. The van der Waals surface area contributed by atoms with E-state index in [1.807, 2.05) is 34.7 Å². The summed E-state index contributed by atoms with van der Waals surface area (Å²) in [6.07, 6.45) is 2.40. The Morgan fingerprint density at radius 2 is 1.57 bits per heavy atom. The third kappa shape index (κ3) is 7.18. The first-order valence-corrected chi connectivity index (χ1v) is 13.6. The highest BCUT2D eigenvalue weighted by Crippen LogP contribution is 2.42. The Morgan fingerprint density at radius 1 is 0.946 bits per heavy atom. The number of nitrogens with zero attached hydrogens (tertiary/aromatic N) is 2. The maximum atomic E-state index is 5.80. The maximum absolute atomic E-state index is 5.80. The number of hydrogen-bond acceptors (Lipinski definition) is 6. The van der Waals surface area contributed by atoms with E-state index in [0.29, 0.717) is 6.61 Å². The molecule has 1 unspecified atom stereocenters. The number of methoxy groups -OCH3 is 1. The van der Waals surface area contributed by atoms with Crippen LogP contribution in [-0.2, 0) is 0 Å². The van der Waals surface area contributed by atoms with Crippen LogP contribution in [0, 0.1) is 11.8 Å². The number of fused-ring (bicyclic) bond motifs is 2. The van der Waals surface area contributed by atoms with E-state index in [-0.39, 0.29) is 12.9 Å². The fourth-order valence-corrected chi connectivity index (χ4v) is 5.37. The van der Waals surface area contributed by atoms with Gasteiger partial charge in [-0.3, -0.25) is 0 Å². The van der Waals surface area contributed by atoms with Crippen LogP contribution >= 0.6 is 0 Å². The molecule has 2 aromatic carbocycles. The van der Waals surface area contributed by atoms with Crippen molar-refractivity contribution < 1.29 is 16.4 Å². The molecule has 0 radical (unpaired) electrons. The summed E-state index contributed by atoms with van der Waals surface area (Å²) in [5, 5.41) is 6.84. The van der Waals surface area contributed by atoms with Gasteiger partial charge in [-0.25, -0.2) is 0 Å². The number of nitrogens with one attached hydrogen (secondary N) is 2. The van der Waals surface area contributed by atoms with Crippen molar-refractivity contribution in [3.63, 3.8) is 0 Å². The molecule has 0 spiro atoms. The Hall–Kier alpha value is -2.74. The van der Waals surface area contributed by atoms with Gasteiger partial charge in [-0.2, -0.15) is 0 Å². The van der Waals surface area contributed by atoms with Gasteiger partial charge in [0.1, 0.15) is 18.1 Å². The normalized spacial score (nSPS) is 21.5. The smallest absolute Gasteiger partial charge is 0.120 e. The summed E-state index contributed by atoms with van der Waals surface area (Å²) < 4.78 is 11.3. The molecule has 0 amide bonds. The second-order valence-electron chi connectivity index (χ2n) is 9.25. The largest absolute Gasteiger partial charge is 0.497 e. The predicted octanol–water partition coefficient (Wildman–Crippen LogP) is 4.77. The number of rotatable bonds is 7. The Kier molecular flexibility index (Phi) is 12.2. The summed E-state index contributed by atoms with van der Waals surface area (Å²) in [6.45, 7) is 14.2. The zero-order valence-electron chi connectivity index (χ0n) is 23.8. The van der Waals surface area contributed by atoms with E-state index >= 15 is 0 Å². The van der Waals surface area contributed by atoms with Crippen LogP contribution in [0.3, 0.4) is 0 Å². The number of likely N-dealkylation sites (tertiary alicyclic amines) is 2. The summed E-state index contributed by atoms with van der Waals surface area (Å²) in [5.41, 5.74) is 4.98. The van der Waals surface area contributed by atoms with Gasteiger partial charge in [-0.15, -0.1) is 0 Å². The zero-order chi connectivity index (χ0) is 26.1. The Bertz CT molecular complexity index is 972. The van der Waals surface area contributed by atoms with Crippen LogP contribution in [0.4, 0.5) is 5.69 Å². The first-order chi connectivity index (χ1) is 17.6. The lowest BCUT2D eigenvalue weighted by atomic mass is 9.96. The van der Waals surface area contributed by atoms with Crippen molar-refractivity contribution in [3.8, 4) is 11.5 Å². The van der Waals surface area contributed by atoms with Gasteiger partial charge in [-0.05, 0) is 61.8 Å². The lowest BCUT2D eigenvalue weighted by molar-refractivity contribution is 0.318. The fraction of sp³-hybridized carbons (Fsp3) is 0.533. The first-order valence-electron chi connectivity index (χ1n) is 13.6. The van der Waals surface area contributed by atoms with Crippen LogP contribution < -0.4 is 20.1 Å². The van der Waals surface area contributed by atoms with E-state index in [9.17, 15) is 0 Å². The molecular formula is C30H50N4O3. The minimum Gasteiger partial charge on any atom is -0.497 e. The Morgan fingerprint density at radius 3 is 2.16 bits per heavy atom. The molecule has 0 saturated carbocycles. The topological polar surface area (TPSA) is 80.5 Å². The average molecular weight is 515 g/mol. The minimum absolute atomic E-state index is 0. The second kappa shape index (κ2) is 14.9. The molecule has 3 atom stereocenters. The second-order valence-corrected chi connectivity index (χ2v) is 9.25. The summed E-state index contributed by atoms with van der Waals surface area (Å²) in [5.74, 6) is 3.32. The van der Waals surface area contributed by atoms with Crippen molar-refractivity contribution in [2.75, 3.05) is 65.9 Å². The van der Waals surface area contributed by atoms with Crippen LogP contribution in [-0.4, -0.2) is 75.8 Å². The molecule has 0 aromatic heterocycles.